The van der Waals surface area contributed by atoms with E-state index in [0.29, 0.717) is 0 Å². The first-order chi connectivity index (χ1) is 9.13. The molecule has 1 rings (SSSR count). The maximum Gasteiger partial charge on any atom is 0.336 e. The van der Waals surface area contributed by atoms with Crippen molar-refractivity contribution in [3.63, 3.8) is 0 Å². The molecule has 3 N–H and O–H groups in total. The highest BCUT2D eigenvalue weighted by Gasteiger charge is 2.24. The zero-order valence-corrected chi connectivity index (χ0v) is 12.8. The summed E-state index contributed by atoms with van der Waals surface area (Å²) in [5.41, 5.74) is -0.102. The third-order valence-corrected chi connectivity index (χ3v) is 5.22. The molecule has 0 aliphatic rings. The van der Waals surface area contributed by atoms with Crippen molar-refractivity contribution in [1.29, 1.82) is 0 Å². The summed E-state index contributed by atoms with van der Waals surface area (Å²) in [5.74, 6) is -1.65. The van der Waals surface area contributed by atoms with Gasteiger partial charge in [0.25, 0.3) is 10.0 Å². The number of aromatic carboxylic acids is 1. The molecule has 0 fully saturated rings. The van der Waals surface area contributed by atoms with Crippen LogP contribution < -0.4 is 10.0 Å². The first-order valence-corrected chi connectivity index (χ1v) is 8.14. The van der Waals surface area contributed by atoms with Gasteiger partial charge in [-0.3, -0.25) is 4.79 Å². The summed E-state index contributed by atoms with van der Waals surface area (Å²) in [6.45, 7) is 4.94. The Morgan fingerprint density at radius 1 is 1.30 bits per heavy atom. The van der Waals surface area contributed by atoms with Crippen LogP contribution in [0.2, 0.25) is 0 Å². The van der Waals surface area contributed by atoms with E-state index in [0.717, 1.165) is 17.4 Å². The van der Waals surface area contributed by atoms with Gasteiger partial charge in [-0.2, -0.15) is 4.72 Å². The molecular formula is C11H16N2O5S2. The van der Waals surface area contributed by atoms with Gasteiger partial charge in [-0.05, 0) is 26.8 Å². The molecule has 1 atom stereocenters. The molecule has 0 aromatic carbocycles. The second kappa shape index (κ2) is 6.33. The number of carbonyl (C=O) groups is 2. The van der Waals surface area contributed by atoms with Gasteiger partial charge in [0.15, 0.2) is 0 Å². The van der Waals surface area contributed by atoms with Gasteiger partial charge in [0.2, 0.25) is 5.91 Å². The first kappa shape index (κ1) is 16.6. The zero-order valence-electron chi connectivity index (χ0n) is 11.2. The van der Waals surface area contributed by atoms with Crippen molar-refractivity contribution in [2.45, 2.75) is 37.1 Å². The van der Waals surface area contributed by atoms with Gasteiger partial charge in [0.05, 0.1) is 11.6 Å². The third kappa shape index (κ3) is 4.29. The van der Waals surface area contributed by atoms with Gasteiger partial charge >= 0.3 is 5.97 Å². The molecule has 20 heavy (non-hydrogen) atoms. The van der Waals surface area contributed by atoms with E-state index in [-0.39, 0.29) is 15.8 Å². The van der Waals surface area contributed by atoms with Crippen molar-refractivity contribution in [1.82, 2.24) is 10.0 Å². The molecule has 1 amide bonds. The number of carboxylic acid groups (broad SMARTS) is 1. The van der Waals surface area contributed by atoms with Gasteiger partial charge < -0.3 is 10.4 Å². The third-order valence-electron chi connectivity index (χ3n) is 2.24. The molecule has 1 unspecified atom stereocenters. The van der Waals surface area contributed by atoms with E-state index >= 15 is 0 Å². The van der Waals surface area contributed by atoms with E-state index < -0.39 is 27.9 Å². The van der Waals surface area contributed by atoms with Crippen molar-refractivity contribution in [3.8, 4) is 0 Å². The molecule has 112 valence electrons. The molecular weight excluding hydrogens is 304 g/mol. The molecule has 0 spiro atoms. The monoisotopic (exact) mass is 320 g/mol. The standard InChI is InChI=1S/C11H16N2O5S2/c1-6(2)12-10(14)7(3)13-20(17,18)9-4-8(5-19-9)11(15)16/h4-7,13H,1-3H3,(H,12,14)(H,15,16). The number of thiophene rings is 1. The fraction of sp³-hybridized carbons (Fsp3) is 0.455. The van der Waals surface area contributed by atoms with E-state index in [1.165, 1.54) is 12.3 Å². The predicted molar refractivity (Wildman–Crippen MR) is 74.3 cm³/mol. The van der Waals surface area contributed by atoms with Crippen LogP contribution in [0.15, 0.2) is 15.7 Å². The van der Waals surface area contributed by atoms with Gasteiger partial charge in [-0.15, -0.1) is 11.3 Å². The smallest absolute Gasteiger partial charge is 0.336 e. The van der Waals surface area contributed by atoms with E-state index in [1.807, 2.05) is 0 Å². The Hall–Kier alpha value is -1.45. The molecule has 0 saturated carbocycles. The number of amides is 1. The summed E-state index contributed by atoms with van der Waals surface area (Å²) in [6.07, 6.45) is 0. The lowest BCUT2D eigenvalue weighted by Gasteiger charge is -2.15. The molecule has 0 radical (unpaired) electrons. The Balaban J connectivity index is 2.83. The number of carboxylic acids is 1. The lowest BCUT2D eigenvalue weighted by molar-refractivity contribution is -0.122. The molecule has 0 saturated heterocycles. The number of hydrogen-bond acceptors (Lipinski definition) is 5. The Morgan fingerprint density at radius 3 is 2.35 bits per heavy atom. The molecule has 7 nitrogen and oxygen atoms in total. The maximum absolute atomic E-state index is 12.0. The first-order valence-electron chi connectivity index (χ1n) is 5.78. The largest absolute Gasteiger partial charge is 0.478 e. The van der Waals surface area contributed by atoms with E-state index in [9.17, 15) is 18.0 Å². The van der Waals surface area contributed by atoms with Gasteiger partial charge in [0, 0.05) is 11.4 Å². The number of rotatable bonds is 6. The van der Waals surface area contributed by atoms with Crippen LogP contribution in [-0.2, 0) is 14.8 Å². The van der Waals surface area contributed by atoms with Crippen LogP contribution in [0.1, 0.15) is 31.1 Å². The highest BCUT2D eigenvalue weighted by Crippen LogP contribution is 2.20. The van der Waals surface area contributed by atoms with Crippen LogP contribution in [0.3, 0.4) is 0 Å². The predicted octanol–water partition coefficient (Wildman–Crippen LogP) is 0.638. The van der Waals surface area contributed by atoms with Gasteiger partial charge in [-0.1, -0.05) is 0 Å². The molecule has 9 heteroatoms. The number of hydrogen-bond donors (Lipinski definition) is 3. The summed E-state index contributed by atoms with van der Waals surface area (Å²) in [5, 5.41) is 12.6. The molecule has 0 bridgehead atoms. The van der Waals surface area contributed by atoms with Gasteiger partial charge in [-0.25, -0.2) is 13.2 Å². The van der Waals surface area contributed by atoms with Crippen molar-refractivity contribution >= 4 is 33.2 Å². The summed E-state index contributed by atoms with van der Waals surface area (Å²) in [4.78, 5) is 22.4. The topological polar surface area (TPSA) is 113 Å². The highest BCUT2D eigenvalue weighted by molar-refractivity contribution is 7.91. The fourth-order valence-corrected chi connectivity index (χ4v) is 3.70. The second-order valence-corrected chi connectivity index (χ2v) is 7.32. The second-order valence-electron chi connectivity index (χ2n) is 4.47. The van der Waals surface area contributed by atoms with Crippen LogP contribution in [0.25, 0.3) is 0 Å². The molecule has 1 heterocycles. The highest BCUT2D eigenvalue weighted by atomic mass is 32.2. The molecule has 0 aliphatic carbocycles. The number of carbonyl (C=O) groups excluding carboxylic acids is 1. The average molecular weight is 320 g/mol. The zero-order chi connectivity index (χ0) is 15.5. The lowest BCUT2D eigenvalue weighted by Crippen LogP contribution is -2.46. The minimum Gasteiger partial charge on any atom is -0.478 e. The lowest BCUT2D eigenvalue weighted by atomic mass is 10.3. The van der Waals surface area contributed by atoms with Gasteiger partial charge in [0.1, 0.15) is 4.21 Å². The van der Waals surface area contributed by atoms with Crippen LogP contribution in [-0.4, -0.2) is 37.5 Å². The average Bonchev–Trinajstić information content (AvgIpc) is 2.77. The van der Waals surface area contributed by atoms with Crippen molar-refractivity contribution in [2.75, 3.05) is 0 Å². The van der Waals surface area contributed by atoms with E-state index in [1.54, 1.807) is 13.8 Å². The quantitative estimate of drug-likeness (QED) is 0.712. The van der Waals surface area contributed by atoms with Crippen LogP contribution >= 0.6 is 11.3 Å². The maximum atomic E-state index is 12.0. The Labute approximate surface area is 121 Å². The molecule has 1 aromatic rings. The van der Waals surface area contributed by atoms with Crippen LogP contribution in [0, 0.1) is 0 Å². The molecule has 1 aromatic heterocycles. The summed E-state index contributed by atoms with van der Waals surface area (Å²) < 4.78 is 26.1. The van der Waals surface area contributed by atoms with E-state index in [2.05, 4.69) is 10.0 Å². The summed E-state index contributed by atoms with van der Waals surface area (Å²) in [6, 6.07) is 0.00941. The summed E-state index contributed by atoms with van der Waals surface area (Å²) in [7, 11) is -3.91. The van der Waals surface area contributed by atoms with Crippen molar-refractivity contribution < 1.29 is 23.1 Å². The Morgan fingerprint density at radius 2 is 1.90 bits per heavy atom. The number of sulfonamides is 1. The van der Waals surface area contributed by atoms with Crippen molar-refractivity contribution in [2.24, 2.45) is 0 Å². The fourth-order valence-electron chi connectivity index (χ4n) is 1.32. The summed E-state index contributed by atoms with van der Waals surface area (Å²) >= 11 is 0.789. The minimum atomic E-state index is -3.91. The molecule has 0 aliphatic heterocycles. The Bertz CT molecular complexity index is 606. The SMILES string of the molecule is CC(C)NC(=O)C(C)NS(=O)(=O)c1cc(C(=O)O)cs1. The minimum absolute atomic E-state index is 0.102. The normalized spacial score (nSPS) is 13.2. The Kier molecular flexibility index (Phi) is 5.26. The van der Waals surface area contributed by atoms with Crippen LogP contribution in [0.4, 0.5) is 0 Å². The number of nitrogens with one attached hydrogen (secondary N) is 2. The van der Waals surface area contributed by atoms with Crippen molar-refractivity contribution in [3.05, 3.63) is 17.0 Å². The van der Waals surface area contributed by atoms with E-state index in [4.69, 9.17) is 5.11 Å². The van der Waals surface area contributed by atoms with Crippen LogP contribution in [0.5, 0.6) is 0 Å².